The Morgan fingerprint density at radius 2 is 1.86 bits per heavy atom. The summed E-state index contributed by atoms with van der Waals surface area (Å²) in [5, 5.41) is 12.7. The number of benzene rings is 1. The van der Waals surface area contributed by atoms with E-state index < -0.39 is 11.5 Å². The number of nitrogens with one attached hydrogen (secondary N) is 1. The Balaban J connectivity index is 2.01. The largest absolute Gasteiger partial charge is 0.480 e. The van der Waals surface area contributed by atoms with Crippen LogP contribution in [0.1, 0.15) is 31.4 Å². The molecule has 0 aromatic heterocycles. The number of nitrogens with zero attached hydrogens (tertiary/aromatic N) is 1. The second kappa shape index (κ2) is 7.05. The van der Waals surface area contributed by atoms with E-state index in [-0.39, 0.29) is 0 Å². The van der Waals surface area contributed by atoms with Crippen molar-refractivity contribution in [3.63, 3.8) is 0 Å². The summed E-state index contributed by atoms with van der Waals surface area (Å²) in [6.07, 6.45) is 2.94. The molecule has 116 valence electrons. The highest BCUT2D eigenvalue weighted by atomic mass is 16.4. The number of hydrogen-bond donors (Lipinski definition) is 2. The molecule has 2 N–H and O–H groups in total. The van der Waals surface area contributed by atoms with Crippen LogP contribution < -0.4 is 5.32 Å². The van der Waals surface area contributed by atoms with Gasteiger partial charge in [0.25, 0.3) is 0 Å². The van der Waals surface area contributed by atoms with Crippen molar-refractivity contribution in [2.45, 2.75) is 38.6 Å². The lowest BCUT2D eigenvalue weighted by atomic mass is 10.0. The van der Waals surface area contributed by atoms with Gasteiger partial charge in [-0.05, 0) is 43.9 Å². The third-order valence-corrected chi connectivity index (χ3v) is 4.29. The fraction of sp³-hybridized carbons (Fsp3) is 0.588. The maximum absolute atomic E-state index is 11.6. The van der Waals surface area contributed by atoms with E-state index in [0.29, 0.717) is 6.54 Å². The van der Waals surface area contributed by atoms with E-state index in [4.69, 9.17) is 0 Å². The minimum absolute atomic E-state index is 0.552. The van der Waals surface area contributed by atoms with E-state index in [2.05, 4.69) is 41.4 Å². The number of carboxylic acids is 1. The first-order valence-corrected chi connectivity index (χ1v) is 7.83. The predicted molar refractivity (Wildman–Crippen MR) is 84.6 cm³/mol. The van der Waals surface area contributed by atoms with Crippen LogP contribution in [0, 0.1) is 0 Å². The van der Waals surface area contributed by atoms with Gasteiger partial charge >= 0.3 is 5.97 Å². The van der Waals surface area contributed by atoms with Gasteiger partial charge in [0.05, 0.1) is 0 Å². The first-order chi connectivity index (χ1) is 10.0. The molecular formula is C17H26N2O2. The predicted octanol–water partition coefficient (Wildman–Crippen LogP) is 1.93. The van der Waals surface area contributed by atoms with Crippen molar-refractivity contribution in [3.8, 4) is 0 Å². The van der Waals surface area contributed by atoms with Crippen molar-refractivity contribution >= 4 is 5.97 Å². The number of fused-ring (bicyclic) bond motifs is 1. The molecule has 1 unspecified atom stereocenters. The zero-order valence-electron chi connectivity index (χ0n) is 13.1. The molecule has 0 saturated carbocycles. The van der Waals surface area contributed by atoms with Gasteiger partial charge in [-0.1, -0.05) is 31.2 Å². The lowest BCUT2D eigenvalue weighted by Crippen LogP contribution is -2.57. The lowest BCUT2D eigenvalue weighted by Gasteiger charge is -2.32. The van der Waals surface area contributed by atoms with Crippen molar-refractivity contribution in [1.82, 2.24) is 10.2 Å². The molecule has 1 heterocycles. The highest BCUT2D eigenvalue weighted by Gasteiger charge is 2.34. The number of carboxylic acid groups (broad SMARTS) is 1. The monoisotopic (exact) mass is 290 g/mol. The molecule has 0 saturated heterocycles. The number of rotatable bonds is 6. The topological polar surface area (TPSA) is 52.6 Å². The van der Waals surface area contributed by atoms with Gasteiger partial charge in [-0.2, -0.15) is 0 Å². The second-order valence-electron chi connectivity index (χ2n) is 6.11. The van der Waals surface area contributed by atoms with Crippen LogP contribution in [0.2, 0.25) is 0 Å². The Morgan fingerprint density at radius 1 is 1.29 bits per heavy atom. The van der Waals surface area contributed by atoms with Crippen LogP contribution in [0.25, 0.3) is 0 Å². The van der Waals surface area contributed by atoms with Crippen LogP contribution >= 0.6 is 0 Å². The minimum atomic E-state index is -0.869. The van der Waals surface area contributed by atoms with E-state index in [1.807, 2.05) is 0 Å². The number of carbonyl (C=O) groups is 1. The molecule has 21 heavy (non-hydrogen) atoms. The van der Waals surface area contributed by atoms with Crippen LogP contribution in [-0.2, 0) is 17.6 Å². The van der Waals surface area contributed by atoms with Crippen LogP contribution in [0.4, 0.5) is 0 Å². The summed E-state index contributed by atoms with van der Waals surface area (Å²) in [6, 6.07) is 8.53. The Hall–Kier alpha value is -1.39. The number of hydrogen-bond acceptors (Lipinski definition) is 3. The van der Waals surface area contributed by atoms with Crippen molar-refractivity contribution in [2.24, 2.45) is 0 Å². The fourth-order valence-electron chi connectivity index (χ4n) is 2.92. The first kappa shape index (κ1) is 16.0. The van der Waals surface area contributed by atoms with Crippen molar-refractivity contribution < 1.29 is 9.90 Å². The zero-order chi connectivity index (χ0) is 15.3. The first-order valence-electron chi connectivity index (χ1n) is 7.83. The number of aliphatic carboxylic acids is 1. The lowest BCUT2D eigenvalue weighted by molar-refractivity contribution is -0.145. The van der Waals surface area contributed by atoms with Gasteiger partial charge in [0.2, 0.25) is 0 Å². The quantitative estimate of drug-likeness (QED) is 0.840. The van der Waals surface area contributed by atoms with Crippen molar-refractivity contribution in [1.29, 1.82) is 0 Å². The third kappa shape index (κ3) is 4.05. The smallest absolute Gasteiger partial charge is 0.324 e. The van der Waals surface area contributed by atoms with Crippen molar-refractivity contribution in [3.05, 3.63) is 35.4 Å². The Kier molecular flexibility index (Phi) is 5.37. The molecule has 0 spiro atoms. The van der Waals surface area contributed by atoms with Crippen LogP contribution in [0.3, 0.4) is 0 Å². The van der Waals surface area contributed by atoms with E-state index >= 15 is 0 Å². The molecule has 0 radical (unpaired) electrons. The Morgan fingerprint density at radius 3 is 2.33 bits per heavy atom. The molecule has 4 heteroatoms. The van der Waals surface area contributed by atoms with E-state index in [1.54, 1.807) is 6.92 Å². The van der Waals surface area contributed by atoms with Gasteiger partial charge < -0.3 is 15.3 Å². The second-order valence-corrected chi connectivity index (χ2v) is 6.11. The van der Waals surface area contributed by atoms with Crippen LogP contribution in [0.15, 0.2) is 24.3 Å². The Bertz CT molecular complexity index is 462. The summed E-state index contributed by atoms with van der Waals surface area (Å²) in [7, 11) is 0. The maximum atomic E-state index is 11.6. The van der Waals surface area contributed by atoms with E-state index in [0.717, 1.165) is 38.9 Å². The average Bonchev–Trinajstić information content (AvgIpc) is 2.68. The molecule has 1 atom stereocenters. The molecule has 1 aliphatic rings. The molecule has 0 amide bonds. The highest BCUT2D eigenvalue weighted by molar-refractivity contribution is 5.78. The zero-order valence-corrected chi connectivity index (χ0v) is 13.1. The van der Waals surface area contributed by atoms with Crippen LogP contribution in [-0.4, -0.2) is 47.7 Å². The van der Waals surface area contributed by atoms with Gasteiger partial charge in [-0.3, -0.25) is 4.79 Å². The Labute approximate surface area is 127 Å². The molecule has 2 rings (SSSR count). The summed E-state index contributed by atoms with van der Waals surface area (Å²) >= 11 is 0. The highest BCUT2D eigenvalue weighted by Crippen LogP contribution is 2.17. The normalized spacial score (nSPS) is 18.6. The fourth-order valence-corrected chi connectivity index (χ4v) is 2.92. The molecular weight excluding hydrogens is 264 g/mol. The van der Waals surface area contributed by atoms with Gasteiger partial charge in [-0.15, -0.1) is 0 Å². The maximum Gasteiger partial charge on any atom is 0.324 e. The van der Waals surface area contributed by atoms with Crippen LogP contribution in [0.5, 0.6) is 0 Å². The third-order valence-electron chi connectivity index (χ3n) is 4.29. The summed E-state index contributed by atoms with van der Waals surface area (Å²) in [5.74, 6) is -0.766. The summed E-state index contributed by atoms with van der Waals surface area (Å²) < 4.78 is 0. The molecule has 4 nitrogen and oxygen atoms in total. The molecule has 0 aliphatic carbocycles. The minimum Gasteiger partial charge on any atom is -0.480 e. The average molecular weight is 290 g/mol. The molecule has 1 aromatic rings. The molecule has 0 fully saturated rings. The molecule has 0 bridgehead atoms. The molecule has 1 aromatic carbocycles. The SMILES string of the molecule is CCCNC(C)(CN1CCc2ccccc2CC1)C(=O)O. The van der Waals surface area contributed by atoms with E-state index in [9.17, 15) is 9.90 Å². The summed E-state index contributed by atoms with van der Waals surface area (Å²) in [5.41, 5.74) is 1.93. The van der Waals surface area contributed by atoms with Gasteiger partial charge in [0.1, 0.15) is 5.54 Å². The van der Waals surface area contributed by atoms with Gasteiger partial charge in [0.15, 0.2) is 0 Å². The molecule has 1 aliphatic heterocycles. The van der Waals surface area contributed by atoms with Gasteiger partial charge in [-0.25, -0.2) is 0 Å². The van der Waals surface area contributed by atoms with Crippen molar-refractivity contribution in [2.75, 3.05) is 26.2 Å². The van der Waals surface area contributed by atoms with E-state index in [1.165, 1.54) is 11.1 Å². The standard InChI is InChI=1S/C17H26N2O2/c1-3-10-18-17(2,16(20)21)13-19-11-8-14-6-4-5-7-15(14)9-12-19/h4-7,18H,3,8-13H2,1-2H3,(H,20,21). The summed E-state index contributed by atoms with van der Waals surface area (Å²) in [4.78, 5) is 13.9. The summed E-state index contributed by atoms with van der Waals surface area (Å²) in [6.45, 7) is 6.98. The van der Waals surface area contributed by atoms with Gasteiger partial charge in [0, 0.05) is 19.6 Å².